The maximum absolute atomic E-state index is 12.9. The van der Waals surface area contributed by atoms with Gasteiger partial charge in [0.2, 0.25) is 6.10 Å². The molecule has 1 N–H and O–H groups in total. The van der Waals surface area contributed by atoms with Crippen LogP contribution in [0.2, 0.25) is 0 Å². The maximum atomic E-state index is 12.9. The van der Waals surface area contributed by atoms with Crippen molar-refractivity contribution in [2.45, 2.75) is 13.0 Å². The first-order valence-corrected chi connectivity index (χ1v) is 8.80. The van der Waals surface area contributed by atoms with Crippen molar-refractivity contribution in [3.63, 3.8) is 0 Å². The predicted molar refractivity (Wildman–Crippen MR) is 108 cm³/mol. The molecule has 0 aliphatic heterocycles. The highest BCUT2D eigenvalue weighted by Gasteiger charge is 2.24. The van der Waals surface area contributed by atoms with Crippen LogP contribution in [0.5, 0.6) is 5.75 Å². The number of nitro groups is 1. The largest absolute Gasteiger partial charge is 0.475 e. The molecular formula is C22H18N2O5. The van der Waals surface area contributed by atoms with Gasteiger partial charge in [0.25, 0.3) is 11.6 Å². The topological polar surface area (TPSA) is 98.5 Å². The Balaban J connectivity index is 1.92. The number of anilines is 1. The number of ether oxygens (including phenoxy) is 1. The van der Waals surface area contributed by atoms with Crippen LogP contribution in [0.3, 0.4) is 0 Å². The summed E-state index contributed by atoms with van der Waals surface area (Å²) in [6.07, 6.45) is -0.597. The van der Waals surface area contributed by atoms with Gasteiger partial charge >= 0.3 is 0 Å². The Morgan fingerprint density at radius 2 is 1.76 bits per heavy atom. The number of carbonyl (C=O) groups is 2. The molecule has 29 heavy (non-hydrogen) atoms. The molecule has 0 aromatic heterocycles. The van der Waals surface area contributed by atoms with Gasteiger partial charge in [0.05, 0.1) is 10.5 Å². The normalized spacial score (nSPS) is 11.3. The van der Waals surface area contributed by atoms with Crippen LogP contribution in [-0.2, 0) is 4.79 Å². The number of nitro benzene ring substituents is 1. The van der Waals surface area contributed by atoms with E-state index in [1.807, 2.05) is 19.1 Å². The summed E-state index contributed by atoms with van der Waals surface area (Å²) < 4.78 is 5.85. The summed E-state index contributed by atoms with van der Waals surface area (Å²) in [5, 5.41) is 13.7. The molecule has 0 spiro atoms. The van der Waals surface area contributed by atoms with Gasteiger partial charge in [-0.3, -0.25) is 19.7 Å². The number of aldehydes is 1. The van der Waals surface area contributed by atoms with Gasteiger partial charge < -0.3 is 10.1 Å². The fraction of sp³-hybridized carbons (Fsp3) is 0.0909. The molecule has 0 bridgehead atoms. The first kappa shape index (κ1) is 19.8. The third-order valence-electron chi connectivity index (χ3n) is 4.24. The van der Waals surface area contributed by atoms with Crippen molar-refractivity contribution < 1.29 is 19.2 Å². The van der Waals surface area contributed by atoms with Crippen molar-refractivity contribution >= 4 is 23.6 Å². The summed E-state index contributed by atoms with van der Waals surface area (Å²) in [6, 6.07) is 19.7. The molecule has 0 unspecified atom stereocenters. The van der Waals surface area contributed by atoms with Gasteiger partial charge in [0.15, 0.2) is 6.29 Å². The quantitative estimate of drug-likeness (QED) is 0.364. The lowest BCUT2D eigenvalue weighted by Gasteiger charge is -2.20. The van der Waals surface area contributed by atoms with Crippen LogP contribution in [0.1, 0.15) is 27.6 Å². The van der Waals surface area contributed by atoms with Gasteiger partial charge in [0, 0.05) is 23.4 Å². The minimum atomic E-state index is -1.06. The Kier molecular flexibility index (Phi) is 5.99. The van der Waals surface area contributed by atoms with E-state index in [4.69, 9.17) is 4.74 Å². The predicted octanol–water partition coefficient (Wildman–Crippen LogP) is 4.47. The number of non-ortho nitro benzene ring substituents is 1. The number of nitrogens with zero attached hydrogens (tertiary/aromatic N) is 1. The molecular weight excluding hydrogens is 372 g/mol. The summed E-state index contributed by atoms with van der Waals surface area (Å²) in [5.74, 6) is -0.353. The smallest absolute Gasteiger partial charge is 0.270 e. The Morgan fingerprint density at radius 1 is 1.07 bits per heavy atom. The molecule has 1 atom stereocenters. The first-order chi connectivity index (χ1) is 14.0. The molecule has 0 fully saturated rings. The summed E-state index contributed by atoms with van der Waals surface area (Å²) in [6.45, 7) is 1.94. The molecule has 7 nitrogen and oxygen atoms in total. The third-order valence-corrected chi connectivity index (χ3v) is 4.24. The second kappa shape index (κ2) is 8.79. The van der Waals surface area contributed by atoms with E-state index in [0.29, 0.717) is 17.5 Å². The molecule has 0 radical (unpaired) electrons. The van der Waals surface area contributed by atoms with Crippen molar-refractivity contribution in [2.24, 2.45) is 0 Å². The molecule has 0 heterocycles. The molecule has 3 aromatic carbocycles. The Bertz CT molecular complexity index is 1030. The van der Waals surface area contributed by atoms with Gasteiger partial charge in [-0.15, -0.1) is 0 Å². The zero-order valence-electron chi connectivity index (χ0n) is 15.6. The van der Waals surface area contributed by atoms with E-state index in [-0.39, 0.29) is 17.0 Å². The Hall–Kier alpha value is -4.00. The molecule has 0 saturated carbocycles. The number of carbonyl (C=O) groups excluding carboxylic acids is 2. The highest BCUT2D eigenvalue weighted by molar-refractivity contribution is 5.95. The van der Waals surface area contributed by atoms with E-state index in [1.54, 1.807) is 42.5 Å². The van der Waals surface area contributed by atoms with Gasteiger partial charge in [-0.25, -0.2) is 0 Å². The maximum Gasteiger partial charge on any atom is 0.270 e. The van der Waals surface area contributed by atoms with E-state index in [2.05, 4.69) is 5.32 Å². The lowest BCUT2D eigenvalue weighted by Crippen LogP contribution is -2.26. The lowest BCUT2D eigenvalue weighted by atomic mass is 10.1. The van der Waals surface area contributed by atoms with Crippen LogP contribution in [0, 0.1) is 17.0 Å². The van der Waals surface area contributed by atoms with E-state index in [9.17, 15) is 19.7 Å². The molecule has 3 rings (SSSR count). The second-order valence-electron chi connectivity index (χ2n) is 6.36. The molecule has 146 valence electrons. The number of rotatable bonds is 7. The Morgan fingerprint density at radius 3 is 2.38 bits per heavy atom. The van der Waals surface area contributed by atoms with Crippen molar-refractivity contribution in [3.05, 3.63) is 99.6 Å². The number of hydrogen-bond acceptors (Lipinski definition) is 5. The highest BCUT2D eigenvalue weighted by atomic mass is 16.6. The number of amides is 1. The zero-order chi connectivity index (χ0) is 20.8. The molecule has 1 amide bonds. The summed E-state index contributed by atoms with van der Waals surface area (Å²) in [7, 11) is 0. The van der Waals surface area contributed by atoms with Crippen molar-refractivity contribution in [1.29, 1.82) is 0 Å². The minimum Gasteiger partial charge on any atom is -0.475 e. The molecule has 0 aliphatic rings. The Labute approximate surface area is 167 Å². The average molecular weight is 390 g/mol. The van der Waals surface area contributed by atoms with Crippen molar-refractivity contribution in [1.82, 2.24) is 0 Å². The van der Waals surface area contributed by atoms with Crippen LogP contribution >= 0.6 is 0 Å². The second-order valence-corrected chi connectivity index (χ2v) is 6.36. The van der Waals surface area contributed by atoms with Crippen molar-refractivity contribution in [3.8, 4) is 5.75 Å². The minimum absolute atomic E-state index is 0.0109. The van der Waals surface area contributed by atoms with E-state index in [0.717, 1.165) is 11.6 Å². The van der Waals surface area contributed by atoms with Gasteiger partial charge in [0.1, 0.15) is 5.75 Å². The fourth-order valence-electron chi connectivity index (χ4n) is 2.72. The standard InChI is InChI=1S/C22H18N2O5/c1-15-7-9-18(10-8-15)23-22(26)21(16-5-3-2-4-6-16)29-20-12-11-19(24(27)28)13-17(20)14-25/h2-14,21H,1H3,(H,23,26)/t21-/m1/s1. The SMILES string of the molecule is Cc1ccc(NC(=O)[C@H](Oc2ccc([N+](=O)[O-])cc2C=O)c2ccccc2)cc1. The van der Waals surface area contributed by atoms with Gasteiger partial charge in [-0.05, 0) is 25.1 Å². The summed E-state index contributed by atoms with van der Waals surface area (Å²) in [5.41, 5.74) is 1.99. The first-order valence-electron chi connectivity index (χ1n) is 8.80. The monoisotopic (exact) mass is 390 g/mol. The third kappa shape index (κ3) is 4.84. The van der Waals surface area contributed by atoms with Crippen LogP contribution in [0.25, 0.3) is 0 Å². The summed E-state index contributed by atoms with van der Waals surface area (Å²) >= 11 is 0. The van der Waals surface area contributed by atoms with Crippen LogP contribution in [0.15, 0.2) is 72.8 Å². The van der Waals surface area contributed by atoms with Gasteiger partial charge in [-0.2, -0.15) is 0 Å². The van der Waals surface area contributed by atoms with E-state index >= 15 is 0 Å². The molecule has 0 saturated heterocycles. The molecule has 0 aliphatic carbocycles. The van der Waals surface area contributed by atoms with Crippen LogP contribution < -0.4 is 10.1 Å². The van der Waals surface area contributed by atoms with E-state index in [1.165, 1.54) is 12.1 Å². The molecule has 7 heteroatoms. The number of nitrogens with one attached hydrogen (secondary N) is 1. The van der Waals surface area contributed by atoms with Crippen LogP contribution in [-0.4, -0.2) is 17.1 Å². The van der Waals surface area contributed by atoms with Gasteiger partial charge in [-0.1, -0.05) is 48.0 Å². The zero-order valence-corrected chi connectivity index (χ0v) is 15.6. The number of aryl methyl sites for hydroxylation is 1. The van der Waals surface area contributed by atoms with Crippen molar-refractivity contribution in [2.75, 3.05) is 5.32 Å². The average Bonchev–Trinajstić information content (AvgIpc) is 2.74. The lowest BCUT2D eigenvalue weighted by molar-refractivity contribution is -0.384. The number of benzene rings is 3. The van der Waals surface area contributed by atoms with Crippen LogP contribution in [0.4, 0.5) is 11.4 Å². The highest BCUT2D eigenvalue weighted by Crippen LogP contribution is 2.29. The van der Waals surface area contributed by atoms with E-state index < -0.39 is 16.9 Å². The molecule has 3 aromatic rings. The summed E-state index contributed by atoms with van der Waals surface area (Å²) in [4.78, 5) is 34.7. The fourth-order valence-corrected chi connectivity index (χ4v) is 2.72. The number of hydrogen-bond donors (Lipinski definition) is 1.